The Morgan fingerprint density at radius 2 is 1.72 bits per heavy atom. The lowest BCUT2D eigenvalue weighted by molar-refractivity contribution is -0.634. The molecule has 0 aliphatic rings. The third kappa shape index (κ3) is 2.14. The van der Waals surface area contributed by atoms with Gasteiger partial charge in [-0.1, -0.05) is 42.5 Å². The molecule has 0 saturated heterocycles. The number of imidazole rings is 1. The molecule has 29 heavy (non-hydrogen) atoms. The zero-order chi connectivity index (χ0) is 19.7. The first-order chi connectivity index (χ1) is 14.1. The Hall–Kier alpha value is -3.66. The van der Waals surface area contributed by atoms with Gasteiger partial charge >= 0.3 is 0 Å². The molecule has 3 heterocycles. The number of aromatic nitrogens is 3. The summed E-state index contributed by atoms with van der Waals surface area (Å²) in [7, 11) is 4.23. The van der Waals surface area contributed by atoms with E-state index >= 15 is 0 Å². The van der Waals surface area contributed by atoms with Gasteiger partial charge in [0.2, 0.25) is 5.71 Å². The van der Waals surface area contributed by atoms with Crippen molar-refractivity contribution in [2.24, 2.45) is 14.1 Å². The molecule has 0 fully saturated rings. The molecule has 0 unspecified atom stereocenters. The molecule has 140 valence electrons. The second-order valence-electron chi connectivity index (χ2n) is 7.70. The number of pyridine rings is 1. The van der Waals surface area contributed by atoms with Gasteiger partial charge in [0, 0.05) is 16.2 Å². The third-order valence-electron chi connectivity index (χ3n) is 6.01. The fourth-order valence-corrected chi connectivity index (χ4v) is 4.56. The molecular formula is C25H20N3O+. The monoisotopic (exact) mass is 378 g/mol. The number of fused-ring (bicyclic) bond motifs is 5. The molecule has 0 atom stereocenters. The van der Waals surface area contributed by atoms with Crippen molar-refractivity contribution in [3.63, 3.8) is 0 Å². The Balaban J connectivity index is 1.77. The first-order valence-electron chi connectivity index (χ1n) is 9.79. The number of aryl methyl sites for hydroxylation is 3. The normalized spacial score (nSPS) is 12.0. The zero-order valence-corrected chi connectivity index (χ0v) is 16.6. The third-order valence-corrected chi connectivity index (χ3v) is 6.01. The van der Waals surface area contributed by atoms with Gasteiger partial charge in [0.1, 0.15) is 5.56 Å². The maximum absolute atomic E-state index is 6.40. The van der Waals surface area contributed by atoms with E-state index in [0.717, 1.165) is 38.6 Å². The molecule has 0 bridgehead atoms. The number of rotatable bonds is 1. The van der Waals surface area contributed by atoms with Gasteiger partial charge in [-0.15, -0.1) is 0 Å². The van der Waals surface area contributed by atoms with Crippen LogP contribution in [0.25, 0.3) is 55.4 Å². The summed E-state index contributed by atoms with van der Waals surface area (Å²) >= 11 is 0. The average Bonchev–Trinajstić information content (AvgIpc) is 3.22. The van der Waals surface area contributed by atoms with Crippen LogP contribution >= 0.6 is 0 Å². The molecule has 6 rings (SSSR count). The molecule has 0 spiro atoms. The molecule has 6 aromatic rings. The first-order valence-corrected chi connectivity index (χ1v) is 9.79. The van der Waals surface area contributed by atoms with Gasteiger partial charge in [-0.3, -0.25) is 0 Å². The van der Waals surface area contributed by atoms with Crippen molar-refractivity contribution in [2.45, 2.75) is 6.92 Å². The van der Waals surface area contributed by atoms with Gasteiger partial charge in [0.25, 0.3) is 5.82 Å². The number of benzene rings is 3. The molecule has 0 radical (unpaired) electrons. The fourth-order valence-electron chi connectivity index (χ4n) is 4.56. The predicted octanol–water partition coefficient (Wildman–Crippen LogP) is 5.43. The van der Waals surface area contributed by atoms with Crippen molar-refractivity contribution < 1.29 is 8.98 Å². The summed E-state index contributed by atoms with van der Waals surface area (Å²) in [4.78, 5) is 4.79. The molecule has 3 aromatic carbocycles. The molecule has 3 aromatic heterocycles. The standard InChI is InChI=1S/C25H20N3O/c1-15-12-13-17-18-14-16-8-4-5-9-19(16)26-24(18)29-23(17)22(15)25-27(2)20-10-6-7-11-21(20)28(25)3/h4-14H,1-3H3/q+1. The first kappa shape index (κ1) is 16.3. The number of nitrogens with zero attached hydrogens (tertiary/aromatic N) is 3. The Morgan fingerprint density at radius 1 is 0.931 bits per heavy atom. The average molecular weight is 378 g/mol. The molecule has 0 saturated carbocycles. The molecule has 4 heteroatoms. The summed E-state index contributed by atoms with van der Waals surface area (Å²) in [5.74, 6) is 1.12. The maximum atomic E-state index is 6.40. The van der Waals surface area contributed by atoms with Gasteiger partial charge in [-0.05, 0) is 36.8 Å². The fraction of sp³-hybridized carbons (Fsp3) is 0.120. The van der Waals surface area contributed by atoms with Gasteiger partial charge in [-0.25, -0.2) is 14.1 Å². The van der Waals surface area contributed by atoms with Crippen LogP contribution in [0.2, 0.25) is 0 Å². The van der Waals surface area contributed by atoms with E-state index in [9.17, 15) is 0 Å². The highest BCUT2D eigenvalue weighted by molar-refractivity contribution is 6.11. The van der Waals surface area contributed by atoms with Crippen molar-refractivity contribution in [1.29, 1.82) is 0 Å². The van der Waals surface area contributed by atoms with E-state index < -0.39 is 0 Å². The Labute approximate surface area is 167 Å². The minimum Gasteiger partial charge on any atom is -0.437 e. The Morgan fingerprint density at radius 3 is 2.59 bits per heavy atom. The predicted molar refractivity (Wildman–Crippen MR) is 117 cm³/mol. The SMILES string of the molecule is Cc1ccc2c(oc3nc4ccccc4cc32)c1-c1n(C)c2ccccc2[n+]1C. The zero-order valence-electron chi connectivity index (χ0n) is 16.6. The van der Waals surface area contributed by atoms with E-state index in [2.05, 4.69) is 78.7 Å². The smallest absolute Gasteiger partial charge is 0.293 e. The van der Waals surface area contributed by atoms with Crippen LogP contribution in [0.4, 0.5) is 0 Å². The maximum Gasteiger partial charge on any atom is 0.293 e. The lowest BCUT2D eigenvalue weighted by Gasteiger charge is -2.04. The molecule has 0 aliphatic carbocycles. The summed E-state index contributed by atoms with van der Waals surface area (Å²) in [5, 5.41) is 3.28. The largest absolute Gasteiger partial charge is 0.437 e. The quantitative estimate of drug-likeness (QED) is 0.358. The van der Waals surface area contributed by atoms with Crippen LogP contribution < -0.4 is 4.57 Å². The minimum absolute atomic E-state index is 0.687. The van der Waals surface area contributed by atoms with E-state index in [1.165, 1.54) is 16.6 Å². The van der Waals surface area contributed by atoms with Crippen molar-refractivity contribution in [2.75, 3.05) is 0 Å². The van der Waals surface area contributed by atoms with E-state index in [1.54, 1.807) is 0 Å². The van der Waals surface area contributed by atoms with Crippen LogP contribution in [-0.4, -0.2) is 9.55 Å². The van der Waals surface area contributed by atoms with Gasteiger partial charge in [0.05, 0.1) is 19.6 Å². The van der Waals surface area contributed by atoms with Crippen molar-refractivity contribution >= 4 is 44.0 Å². The highest BCUT2D eigenvalue weighted by Crippen LogP contribution is 2.38. The number of hydrogen-bond acceptors (Lipinski definition) is 2. The van der Waals surface area contributed by atoms with E-state index in [4.69, 9.17) is 9.40 Å². The van der Waals surface area contributed by atoms with Crippen molar-refractivity contribution in [3.05, 3.63) is 72.3 Å². The summed E-state index contributed by atoms with van der Waals surface area (Å²) in [6, 6.07) is 23.2. The summed E-state index contributed by atoms with van der Waals surface area (Å²) in [6.45, 7) is 2.14. The van der Waals surface area contributed by atoms with Crippen LogP contribution in [0.1, 0.15) is 5.56 Å². The molecule has 4 nitrogen and oxygen atoms in total. The second-order valence-corrected chi connectivity index (χ2v) is 7.70. The Kier molecular flexibility index (Phi) is 3.19. The van der Waals surface area contributed by atoms with Crippen molar-refractivity contribution in [3.8, 4) is 11.4 Å². The highest BCUT2D eigenvalue weighted by Gasteiger charge is 2.27. The Bertz CT molecular complexity index is 1550. The number of furan rings is 1. The second kappa shape index (κ2) is 5.67. The number of para-hydroxylation sites is 3. The molecule has 0 aliphatic heterocycles. The lowest BCUT2D eigenvalue weighted by Crippen LogP contribution is -2.30. The topological polar surface area (TPSA) is 34.8 Å². The van der Waals surface area contributed by atoms with Crippen LogP contribution in [0.5, 0.6) is 0 Å². The summed E-state index contributed by atoms with van der Waals surface area (Å²) in [6.07, 6.45) is 0. The van der Waals surface area contributed by atoms with E-state index in [-0.39, 0.29) is 0 Å². The van der Waals surface area contributed by atoms with Gasteiger partial charge in [0.15, 0.2) is 16.6 Å². The van der Waals surface area contributed by atoms with Crippen LogP contribution in [-0.2, 0) is 14.1 Å². The summed E-state index contributed by atoms with van der Waals surface area (Å²) in [5.41, 5.74) is 7.22. The lowest BCUT2D eigenvalue weighted by atomic mass is 10.0. The molecule has 0 N–H and O–H groups in total. The minimum atomic E-state index is 0.687. The van der Waals surface area contributed by atoms with Crippen LogP contribution in [0.15, 0.2) is 71.1 Å². The highest BCUT2D eigenvalue weighted by atomic mass is 16.3. The molecule has 0 amide bonds. The van der Waals surface area contributed by atoms with Crippen LogP contribution in [0.3, 0.4) is 0 Å². The molecular weight excluding hydrogens is 358 g/mol. The van der Waals surface area contributed by atoms with Crippen molar-refractivity contribution in [1.82, 2.24) is 9.55 Å². The van der Waals surface area contributed by atoms with E-state index in [0.29, 0.717) is 5.71 Å². The van der Waals surface area contributed by atoms with Gasteiger partial charge in [-0.2, -0.15) is 0 Å². The number of hydrogen-bond donors (Lipinski definition) is 0. The van der Waals surface area contributed by atoms with Gasteiger partial charge < -0.3 is 4.42 Å². The summed E-state index contributed by atoms with van der Waals surface area (Å²) < 4.78 is 10.9. The van der Waals surface area contributed by atoms with Crippen LogP contribution in [0, 0.1) is 6.92 Å². The van der Waals surface area contributed by atoms with E-state index in [1.807, 2.05) is 18.2 Å².